The van der Waals surface area contributed by atoms with Crippen molar-refractivity contribution >= 4 is 28.8 Å². The highest BCUT2D eigenvalue weighted by Gasteiger charge is 2.14. The van der Waals surface area contributed by atoms with Crippen LogP contribution in [0, 0.1) is 17.8 Å². The Hall–Kier alpha value is -1.94. The van der Waals surface area contributed by atoms with Crippen LogP contribution >= 0.6 is 23.2 Å². The maximum Gasteiger partial charge on any atom is 0.0496 e. The average molecular weight is 325 g/mol. The fourth-order valence-corrected chi connectivity index (χ4v) is 2.66. The molecule has 2 heteroatoms. The number of rotatable bonds is 1. The lowest BCUT2D eigenvalue weighted by atomic mass is 9.87. The van der Waals surface area contributed by atoms with E-state index in [1.54, 1.807) is 0 Å². The van der Waals surface area contributed by atoms with Gasteiger partial charge < -0.3 is 0 Å². The lowest BCUT2D eigenvalue weighted by Gasteiger charge is -2.17. The summed E-state index contributed by atoms with van der Waals surface area (Å²) in [6.07, 6.45) is 7.30. The summed E-state index contributed by atoms with van der Waals surface area (Å²) in [6.45, 7) is 0. The lowest BCUT2D eigenvalue weighted by molar-refractivity contribution is 0.874. The van der Waals surface area contributed by atoms with Crippen LogP contribution in [0.1, 0.15) is 17.5 Å². The van der Waals surface area contributed by atoms with Crippen molar-refractivity contribution in [1.82, 2.24) is 0 Å². The number of benzene rings is 2. The van der Waals surface area contributed by atoms with Gasteiger partial charge in [0.25, 0.3) is 0 Å². The fourth-order valence-electron chi connectivity index (χ4n) is 2.41. The Balaban J connectivity index is 1.87. The minimum Gasteiger partial charge on any atom is -0.0893 e. The predicted octanol–water partition coefficient (Wildman–Crippen LogP) is 6.00. The van der Waals surface area contributed by atoms with E-state index in [-0.39, 0.29) is 5.92 Å². The molecule has 2 aromatic rings. The Bertz CT molecular complexity index is 769. The Morgan fingerprint density at radius 2 is 1.50 bits per heavy atom. The molecule has 0 fully saturated rings. The Kier molecular flexibility index (Phi) is 4.68. The van der Waals surface area contributed by atoms with Crippen molar-refractivity contribution in [3.05, 3.63) is 87.9 Å². The summed E-state index contributed by atoms with van der Waals surface area (Å²) in [4.78, 5) is 0. The second-order valence-corrected chi connectivity index (χ2v) is 5.99. The number of halogens is 2. The first kappa shape index (κ1) is 15.0. The number of allylic oxidation sites excluding steroid dienone is 4. The van der Waals surface area contributed by atoms with E-state index >= 15 is 0 Å². The molecule has 1 aliphatic carbocycles. The molecule has 0 radical (unpaired) electrons. The lowest BCUT2D eigenvalue weighted by Crippen LogP contribution is -2.03. The molecule has 0 saturated carbocycles. The van der Waals surface area contributed by atoms with Gasteiger partial charge in [-0.2, -0.15) is 0 Å². The van der Waals surface area contributed by atoms with Crippen molar-refractivity contribution in [3.8, 4) is 11.8 Å². The Morgan fingerprint density at radius 1 is 0.864 bits per heavy atom. The molecule has 0 aliphatic heterocycles. The highest BCUT2D eigenvalue weighted by atomic mass is 35.5. The zero-order chi connectivity index (χ0) is 15.4. The molecule has 2 aromatic carbocycles. The van der Waals surface area contributed by atoms with Crippen molar-refractivity contribution < 1.29 is 0 Å². The van der Waals surface area contributed by atoms with Crippen LogP contribution in [-0.4, -0.2) is 0 Å². The SMILES string of the molecule is Clc1ccc(C#CC2CC=CC=C2c2ccc(Cl)cc2)cc1. The molecule has 0 aromatic heterocycles. The molecule has 108 valence electrons. The van der Waals surface area contributed by atoms with Crippen LogP contribution < -0.4 is 0 Å². The van der Waals surface area contributed by atoms with E-state index in [2.05, 4.69) is 30.1 Å². The van der Waals surface area contributed by atoms with Crippen LogP contribution in [0.4, 0.5) is 0 Å². The monoisotopic (exact) mass is 324 g/mol. The molecular weight excluding hydrogens is 311 g/mol. The third kappa shape index (κ3) is 3.63. The van der Waals surface area contributed by atoms with E-state index in [9.17, 15) is 0 Å². The molecule has 1 unspecified atom stereocenters. The van der Waals surface area contributed by atoms with Crippen molar-refractivity contribution in [1.29, 1.82) is 0 Å². The van der Waals surface area contributed by atoms with Crippen molar-refractivity contribution in [3.63, 3.8) is 0 Å². The smallest absolute Gasteiger partial charge is 0.0496 e. The minimum atomic E-state index is 0.196. The molecule has 0 spiro atoms. The van der Waals surface area contributed by atoms with Gasteiger partial charge in [-0.3, -0.25) is 0 Å². The summed E-state index contributed by atoms with van der Waals surface area (Å²) in [5.41, 5.74) is 3.39. The summed E-state index contributed by atoms with van der Waals surface area (Å²) >= 11 is 11.9. The summed E-state index contributed by atoms with van der Waals surface area (Å²) in [5.74, 6) is 6.81. The quantitative estimate of drug-likeness (QED) is 0.564. The van der Waals surface area contributed by atoms with Crippen LogP contribution in [-0.2, 0) is 0 Å². The first-order valence-electron chi connectivity index (χ1n) is 7.12. The van der Waals surface area contributed by atoms with E-state index in [0.717, 1.165) is 22.0 Å². The third-order valence-electron chi connectivity index (χ3n) is 3.57. The molecule has 1 aliphatic rings. The molecule has 0 nitrogen and oxygen atoms in total. The Morgan fingerprint density at radius 3 is 2.18 bits per heavy atom. The molecule has 0 amide bonds. The van der Waals surface area contributed by atoms with E-state index in [4.69, 9.17) is 23.2 Å². The van der Waals surface area contributed by atoms with Gasteiger partial charge in [0.15, 0.2) is 0 Å². The average Bonchev–Trinajstić information content (AvgIpc) is 2.55. The first-order valence-corrected chi connectivity index (χ1v) is 7.88. The summed E-state index contributed by atoms with van der Waals surface area (Å²) in [5, 5.41) is 1.48. The summed E-state index contributed by atoms with van der Waals surface area (Å²) < 4.78 is 0. The fraction of sp³-hybridized carbons (Fsp3) is 0.100. The van der Waals surface area contributed by atoms with Crippen LogP contribution in [0.15, 0.2) is 66.8 Å². The molecular formula is C20H14Cl2. The van der Waals surface area contributed by atoms with Crippen molar-refractivity contribution in [2.75, 3.05) is 0 Å². The standard InChI is InChI=1S/C20H14Cl2/c21-18-11-6-15(7-12-18)5-8-16-3-1-2-4-20(16)17-9-13-19(22)14-10-17/h1-2,4,6-7,9-14,16H,3H2. The van der Waals surface area contributed by atoms with Gasteiger partial charge in [-0.05, 0) is 54.0 Å². The molecule has 3 rings (SSSR count). The third-order valence-corrected chi connectivity index (χ3v) is 4.08. The van der Waals surface area contributed by atoms with Gasteiger partial charge >= 0.3 is 0 Å². The highest BCUT2D eigenvalue weighted by molar-refractivity contribution is 6.30. The second kappa shape index (κ2) is 6.88. The molecule has 0 bridgehead atoms. The van der Waals surface area contributed by atoms with Gasteiger partial charge in [0.2, 0.25) is 0 Å². The first-order chi connectivity index (χ1) is 10.7. The van der Waals surface area contributed by atoms with Gasteiger partial charge in [0, 0.05) is 21.5 Å². The van der Waals surface area contributed by atoms with Gasteiger partial charge in [-0.15, -0.1) is 0 Å². The largest absolute Gasteiger partial charge is 0.0893 e. The van der Waals surface area contributed by atoms with Crippen LogP contribution in [0.2, 0.25) is 10.0 Å². The number of hydrogen-bond acceptors (Lipinski definition) is 0. The van der Waals surface area contributed by atoms with Crippen LogP contribution in [0.3, 0.4) is 0 Å². The molecule has 0 heterocycles. The van der Waals surface area contributed by atoms with Crippen molar-refractivity contribution in [2.24, 2.45) is 5.92 Å². The molecule has 1 atom stereocenters. The normalized spacial score (nSPS) is 16.6. The Labute approximate surface area is 141 Å². The van der Waals surface area contributed by atoms with E-state index < -0.39 is 0 Å². The van der Waals surface area contributed by atoms with Gasteiger partial charge in [0.05, 0.1) is 0 Å². The second-order valence-electron chi connectivity index (χ2n) is 5.12. The van der Waals surface area contributed by atoms with Crippen LogP contribution in [0.5, 0.6) is 0 Å². The topological polar surface area (TPSA) is 0 Å². The van der Waals surface area contributed by atoms with Crippen LogP contribution in [0.25, 0.3) is 5.57 Å². The van der Waals surface area contributed by atoms with Crippen molar-refractivity contribution in [2.45, 2.75) is 6.42 Å². The van der Waals surface area contributed by atoms with Gasteiger partial charge in [-0.1, -0.05) is 65.4 Å². The zero-order valence-electron chi connectivity index (χ0n) is 11.9. The summed E-state index contributed by atoms with van der Waals surface area (Å²) in [6, 6.07) is 15.5. The predicted molar refractivity (Wildman–Crippen MR) is 95.0 cm³/mol. The molecule has 22 heavy (non-hydrogen) atoms. The van der Waals surface area contributed by atoms with E-state index in [1.165, 1.54) is 11.1 Å². The highest BCUT2D eigenvalue weighted by Crippen LogP contribution is 2.30. The maximum atomic E-state index is 5.97. The molecule has 0 saturated heterocycles. The maximum absolute atomic E-state index is 5.97. The van der Waals surface area contributed by atoms with E-state index in [1.807, 2.05) is 48.5 Å². The van der Waals surface area contributed by atoms with Gasteiger partial charge in [-0.25, -0.2) is 0 Å². The number of hydrogen-bond donors (Lipinski definition) is 0. The van der Waals surface area contributed by atoms with E-state index in [0.29, 0.717) is 0 Å². The van der Waals surface area contributed by atoms with Gasteiger partial charge in [0.1, 0.15) is 0 Å². The zero-order valence-corrected chi connectivity index (χ0v) is 13.4. The minimum absolute atomic E-state index is 0.196. The summed E-state index contributed by atoms with van der Waals surface area (Å²) in [7, 11) is 0. The molecule has 0 N–H and O–H groups in total.